The molecule has 0 atom stereocenters. The molecular formula is C18H27NO. The van der Waals surface area contributed by atoms with Crippen LogP contribution in [0.5, 0.6) is 0 Å². The fourth-order valence-corrected chi connectivity index (χ4v) is 3.27. The zero-order valence-electron chi connectivity index (χ0n) is 13.2. The van der Waals surface area contributed by atoms with Gasteiger partial charge >= 0.3 is 0 Å². The monoisotopic (exact) mass is 273 g/mol. The number of rotatable bonds is 5. The van der Waals surface area contributed by atoms with E-state index >= 15 is 0 Å². The molecule has 0 spiro atoms. The van der Waals surface area contributed by atoms with Gasteiger partial charge in [0, 0.05) is 12.1 Å². The average Bonchev–Trinajstić information content (AvgIpc) is 2.84. The van der Waals surface area contributed by atoms with E-state index < -0.39 is 0 Å². The van der Waals surface area contributed by atoms with Crippen LogP contribution < -0.4 is 5.32 Å². The van der Waals surface area contributed by atoms with Crippen molar-refractivity contribution in [1.82, 2.24) is 5.32 Å². The number of nitrogens with one attached hydrogen (secondary N) is 1. The summed E-state index contributed by atoms with van der Waals surface area (Å²) in [5.74, 6) is 1.80. The Labute approximate surface area is 123 Å². The van der Waals surface area contributed by atoms with Crippen molar-refractivity contribution in [2.45, 2.75) is 47.0 Å². The van der Waals surface area contributed by atoms with Crippen LogP contribution in [0.4, 0.5) is 0 Å². The Kier molecular flexibility index (Phi) is 4.85. The quantitative estimate of drug-likeness (QED) is 0.868. The van der Waals surface area contributed by atoms with E-state index in [0.29, 0.717) is 17.8 Å². The lowest BCUT2D eigenvalue weighted by molar-refractivity contribution is 0.0937. The van der Waals surface area contributed by atoms with E-state index in [1.165, 1.54) is 24.0 Å². The summed E-state index contributed by atoms with van der Waals surface area (Å²) < 4.78 is 0. The molecule has 0 fully saturated rings. The normalized spacial score (nSPS) is 14.2. The van der Waals surface area contributed by atoms with Gasteiger partial charge in [0.1, 0.15) is 0 Å². The third-order valence-corrected chi connectivity index (χ3v) is 4.57. The molecule has 2 nitrogen and oxygen atoms in total. The summed E-state index contributed by atoms with van der Waals surface area (Å²) in [6.45, 7) is 9.68. The number of carbonyl (C=O) groups is 1. The van der Waals surface area contributed by atoms with Gasteiger partial charge in [-0.05, 0) is 60.3 Å². The molecule has 0 aromatic heterocycles. The van der Waals surface area contributed by atoms with Crippen LogP contribution in [0.25, 0.3) is 0 Å². The third kappa shape index (κ3) is 3.41. The highest BCUT2D eigenvalue weighted by atomic mass is 16.1. The Balaban J connectivity index is 1.98. The van der Waals surface area contributed by atoms with Crippen molar-refractivity contribution in [3.63, 3.8) is 0 Å². The smallest absolute Gasteiger partial charge is 0.251 e. The second-order valence-electron chi connectivity index (χ2n) is 6.70. The zero-order chi connectivity index (χ0) is 14.7. The summed E-state index contributed by atoms with van der Waals surface area (Å²) in [5, 5.41) is 3.11. The minimum Gasteiger partial charge on any atom is -0.352 e. The topological polar surface area (TPSA) is 29.1 Å². The minimum atomic E-state index is 0.0750. The third-order valence-electron chi connectivity index (χ3n) is 4.57. The molecule has 0 aliphatic heterocycles. The van der Waals surface area contributed by atoms with Gasteiger partial charge in [0.25, 0.3) is 5.91 Å². The summed E-state index contributed by atoms with van der Waals surface area (Å²) in [4.78, 5) is 12.3. The van der Waals surface area contributed by atoms with Crippen LogP contribution in [0, 0.1) is 17.8 Å². The highest BCUT2D eigenvalue weighted by Crippen LogP contribution is 2.23. The number of aryl methyl sites for hydroxylation is 2. The lowest BCUT2D eigenvalue weighted by atomic mass is 9.85. The van der Waals surface area contributed by atoms with Gasteiger partial charge in [-0.2, -0.15) is 0 Å². The fraction of sp³-hybridized carbons (Fsp3) is 0.611. The maximum atomic E-state index is 12.3. The predicted molar refractivity (Wildman–Crippen MR) is 84.0 cm³/mol. The SMILES string of the molecule is CC(C)C(CNC(=O)c1ccc2c(c1)CCC2)C(C)C. The van der Waals surface area contributed by atoms with E-state index in [1.54, 1.807) is 0 Å². The molecule has 1 amide bonds. The largest absolute Gasteiger partial charge is 0.352 e. The van der Waals surface area contributed by atoms with E-state index in [4.69, 9.17) is 0 Å². The fourth-order valence-electron chi connectivity index (χ4n) is 3.27. The van der Waals surface area contributed by atoms with Crippen molar-refractivity contribution >= 4 is 5.91 Å². The van der Waals surface area contributed by atoms with Crippen LogP contribution in [0.1, 0.15) is 55.6 Å². The molecule has 1 N–H and O–H groups in total. The number of hydrogen-bond acceptors (Lipinski definition) is 1. The van der Waals surface area contributed by atoms with Crippen molar-refractivity contribution in [1.29, 1.82) is 0 Å². The minimum absolute atomic E-state index is 0.0750. The van der Waals surface area contributed by atoms with Crippen LogP contribution in [0.2, 0.25) is 0 Å². The molecule has 2 rings (SSSR count). The van der Waals surface area contributed by atoms with Crippen LogP contribution >= 0.6 is 0 Å². The van der Waals surface area contributed by atoms with Crippen molar-refractivity contribution in [3.8, 4) is 0 Å². The number of amides is 1. The lowest BCUT2D eigenvalue weighted by Crippen LogP contribution is -2.34. The van der Waals surface area contributed by atoms with Gasteiger partial charge in [-0.3, -0.25) is 4.79 Å². The first-order valence-corrected chi connectivity index (χ1v) is 7.89. The van der Waals surface area contributed by atoms with E-state index in [2.05, 4.69) is 45.1 Å². The van der Waals surface area contributed by atoms with Gasteiger partial charge in [0.15, 0.2) is 0 Å². The standard InChI is InChI=1S/C18H27NO/c1-12(2)17(13(3)4)11-19-18(20)16-9-8-14-6-5-7-15(14)10-16/h8-10,12-13,17H,5-7,11H2,1-4H3,(H,19,20). The molecule has 0 heterocycles. The number of carbonyl (C=O) groups excluding carboxylic acids is 1. The Morgan fingerprint density at radius 2 is 1.75 bits per heavy atom. The molecule has 20 heavy (non-hydrogen) atoms. The first-order valence-electron chi connectivity index (χ1n) is 7.89. The average molecular weight is 273 g/mol. The van der Waals surface area contributed by atoms with Crippen molar-refractivity contribution in [3.05, 3.63) is 34.9 Å². The molecule has 0 bridgehead atoms. The summed E-state index contributed by atoms with van der Waals surface area (Å²) in [6, 6.07) is 6.18. The summed E-state index contributed by atoms with van der Waals surface area (Å²) in [7, 11) is 0. The second-order valence-corrected chi connectivity index (χ2v) is 6.70. The Morgan fingerprint density at radius 1 is 1.10 bits per heavy atom. The molecular weight excluding hydrogens is 246 g/mol. The van der Waals surface area contributed by atoms with Gasteiger partial charge in [0.05, 0.1) is 0 Å². The number of hydrogen-bond donors (Lipinski definition) is 1. The van der Waals surface area contributed by atoms with Gasteiger partial charge in [-0.1, -0.05) is 33.8 Å². The Morgan fingerprint density at radius 3 is 2.40 bits per heavy atom. The molecule has 0 unspecified atom stereocenters. The van der Waals surface area contributed by atoms with E-state index in [0.717, 1.165) is 18.5 Å². The number of fused-ring (bicyclic) bond motifs is 1. The van der Waals surface area contributed by atoms with Gasteiger partial charge in [0.2, 0.25) is 0 Å². The zero-order valence-corrected chi connectivity index (χ0v) is 13.2. The molecule has 0 saturated carbocycles. The molecule has 110 valence electrons. The van der Waals surface area contributed by atoms with E-state index in [9.17, 15) is 4.79 Å². The van der Waals surface area contributed by atoms with Crippen molar-refractivity contribution < 1.29 is 4.79 Å². The molecule has 1 aliphatic carbocycles. The van der Waals surface area contributed by atoms with Gasteiger partial charge in [-0.15, -0.1) is 0 Å². The molecule has 1 aliphatic rings. The molecule has 0 saturated heterocycles. The summed E-state index contributed by atoms with van der Waals surface area (Å²) in [6.07, 6.45) is 3.51. The van der Waals surface area contributed by atoms with Crippen LogP contribution in [-0.2, 0) is 12.8 Å². The van der Waals surface area contributed by atoms with Crippen LogP contribution in [-0.4, -0.2) is 12.5 Å². The van der Waals surface area contributed by atoms with Crippen molar-refractivity contribution in [2.75, 3.05) is 6.54 Å². The number of benzene rings is 1. The first-order chi connectivity index (χ1) is 9.49. The first kappa shape index (κ1) is 15.1. The highest BCUT2D eigenvalue weighted by Gasteiger charge is 2.19. The molecule has 0 radical (unpaired) electrons. The van der Waals surface area contributed by atoms with Crippen molar-refractivity contribution in [2.24, 2.45) is 17.8 Å². The Hall–Kier alpha value is -1.31. The molecule has 1 aromatic rings. The highest BCUT2D eigenvalue weighted by molar-refractivity contribution is 5.94. The van der Waals surface area contributed by atoms with Crippen LogP contribution in [0.3, 0.4) is 0 Å². The maximum absolute atomic E-state index is 12.3. The van der Waals surface area contributed by atoms with E-state index in [1.807, 2.05) is 6.07 Å². The second kappa shape index (κ2) is 6.43. The molecule has 1 aromatic carbocycles. The Bertz CT molecular complexity index is 468. The maximum Gasteiger partial charge on any atom is 0.251 e. The summed E-state index contributed by atoms with van der Waals surface area (Å²) >= 11 is 0. The van der Waals surface area contributed by atoms with E-state index in [-0.39, 0.29) is 5.91 Å². The predicted octanol–water partition coefficient (Wildman–Crippen LogP) is 3.83. The summed E-state index contributed by atoms with van der Waals surface area (Å²) in [5.41, 5.74) is 3.60. The lowest BCUT2D eigenvalue weighted by Gasteiger charge is -2.25. The van der Waals surface area contributed by atoms with Gasteiger partial charge in [-0.25, -0.2) is 0 Å². The van der Waals surface area contributed by atoms with Crippen LogP contribution in [0.15, 0.2) is 18.2 Å². The molecule has 2 heteroatoms. The van der Waals surface area contributed by atoms with Gasteiger partial charge < -0.3 is 5.32 Å².